The molecule has 1 N–H and O–H groups in total. The lowest BCUT2D eigenvalue weighted by molar-refractivity contribution is 0.0611. The Labute approximate surface area is 113 Å². The largest absolute Gasteiger partial charge is 0.384 e. The number of benzene rings is 1. The van der Waals surface area contributed by atoms with Crippen molar-refractivity contribution in [3.8, 4) is 0 Å². The Hall–Kier alpha value is -1.12. The molecule has 0 saturated heterocycles. The zero-order valence-electron chi connectivity index (χ0n) is 11.4. The van der Waals surface area contributed by atoms with Gasteiger partial charge in [-0.2, -0.15) is 0 Å². The molecule has 0 aliphatic heterocycles. The van der Waals surface area contributed by atoms with Crippen LogP contribution in [0.15, 0.2) is 30.3 Å². The van der Waals surface area contributed by atoms with Gasteiger partial charge >= 0.3 is 0 Å². The van der Waals surface area contributed by atoms with E-state index in [9.17, 15) is 5.11 Å². The average Bonchev–Trinajstić information content (AvgIpc) is 2.71. The van der Waals surface area contributed by atoms with Crippen LogP contribution < -0.4 is 0 Å². The van der Waals surface area contributed by atoms with Crippen LogP contribution in [0.25, 0.3) is 0 Å². The molecule has 1 heterocycles. The van der Waals surface area contributed by atoms with Gasteiger partial charge in [-0.1, -0.05) is 18.2 Å². The first-order valence-corrected chi connectivity index (χ1v) is 7.06. The van der Waals surface area contributed by atoms with Gasteiger partial charge in [-0.3, -0.25) is 0 Å². The summed E-state index contributed by atoms with van der Waals surface area (Å²) in [5, 5.41) is 10.7. The number of aryl methyl sites for hydroxylation is 3. The maximum atomic E-state index is 10.7. The molecule has 2 heteroatoms. The molecule has 1 unspecified atom stereocenters. The molecule has 0 saturated carbocycles. The van der Waals surface area contributed by atoms with Crippen LogP contribution in [0, 0.1) is 20.8 Å². The number of thiophene rings is 1. The van der Waals surface area contributed by atoms with Gasteiger partial charge in [0.2, 0.25) is 0 Å². The predicted octanol–water partition coefficient (Wildman–Crippen LogP) is 4.12. The number of aliphatic hydroxyl groups is 1. The minimum atomic E-state index is -0.782. The summed E-state index contributed by atoms with van der Waals surface area (Å²) in [4.78, 5) is 2.29. The van der Waals surface area contributed by atoms with Crippen LogP contribution in [0.4, 0.5) is 0 Å². The molecule has 1 aromatic heterocycles. The second-order valence-electron chi connectivity index (χ2n) is 5.23. The average molecular weight is 260 g/mol. The van der Waals surface area contributed by atoms with Crippen LogP contribution in [-0.4, -0.2) is 5.11 Å². The van der Waals surface area contributed by atoms with E-state index in [1.807, 2.05) is 13.0 Å². The Balaban J connectivity index is 2.33. The zero-order chi connectivity index (χ0) is 13.3. The van der Waals surface area contributed by atoms with Crippen molar-refractivity contribution in [1.29, 1.82) is 0 Å². The van der Waals surface area contributed by atoms with Crippen LogP contribution >= 0.6 is 11.3 Å². The lowest BCUT2D eigenvalue weighted by Gasteiger charge is -2.24. The van der Waals surface area contributed by atoms with Crippen molar-refractivity contribution < 1.29 is 5.11 Å². The molecule has 0 amide bonds. The first-order chi connectivity index (χ1) is 8.40. The maximum absolute atomic E-state index is 10.7. The van der Waals surface area contributed by atoms with E-state index in [4.69, 9.17) is 0 Å². The Morgan fingerprint density at radius 3 is 2.17 bits per heavy atom. The minimum absolute atomic E-state index is 0.672. The number of rotatable bonds is 3. The normalized spacial score (nSPS) is 14.5. The molecule has 1 nitrogen and oxygen atoms in total. The van der Waals surface area contributed by atoms with Crippen molar-refractivity contribution in [3.05, 3.63) is 56.8 Å². The van der Waals surface area contributed by atoms with Gasteiger partial charge in [-0.15, -0.1) is 11.3 Å². The third kappa shape index (κ3) is 2.65. The summed E-state index contributed by atoms with van der Waals surface area (Å²) in [7, 11) is 0. The van der Waals surface area contributed by atoms with Gasteiger partial charge in [0.1, 0.15) is 0 Å². The molecule has 18 heavy (non-hydrogen) atoms. The van der Waals surface area contributed by atoms with Crippen molar-refractivity contribution in [1.82, 2.24) is 0 Å². The molecule has 0 aliphatic carbocycles. The van der Waals surface area contributed by atoms with Gasteiger partial charge in [0.15, 0.2) is 0 Å². The molecule has 0 aliphatic rings. The minimum Gasteiger partial charge on any atom is -0.384 e. The van der Waals surface area contributed by atoms with Crippen LogP contribution in [0.1, 0.15) is 33.4 Å². The predicted molar refractivity (Wildman–Crippen MR) is 78.2 cm³/mol. The Bertz CT molecular complexity index is 532. The number of hydrogen-bond acceptors (Lipinski definition) is 2. The van der Waals surface area contributed by atoms with E-state index in [2.05, 4.69) is 45.0 Å². The van der Waals surface area contributed by atoms with Crippen molar-refractivity contribution >= 4 is 11.3 Å². The Morgan fingerprint density at radius 1 is 1.06 bits per heavy atom. The highest BCUT2D eigenvalue weighted by atomic mass is 32.1. The molecule has 2 rings (SSSR count). The van der Waals surface area contributed by atoms with E-state index in [1.165, 1.54) is 21.6 Å². The van der Waals surface area contributed by atoms with Gasteiger partial charge in [-0.05, 0) is 56.5 Å². The molecule has 0 bridgehead atoms. The van der Waals surface area contributed by atoms with E-state index in [0.29, 0.717) is 6.42 Å². The SMILES string of the molecule is Cc1ccc(C(C)(O)Cc2c(C)cccc2C)s1. The molecule has 1 aromatic carbocycles. The first kappa shape index (κ1) is 13.3. The van der Waals surface area contributed by atoms with Gasteiger partial charge in [0.05, 0.1) is 5.60 Å². The third-order valence-corrected chi connectivity index (χ3v) is 4.69. The molecule has 0 spiro atoms. The van der Waals surface area contributed by atoms with Gasteiger partial charge in [-0.25, -0.2) is 0 Å². The van der Waals surface area contributed by atoms with Crippen LogP contribution in [0.3, 0.4) is 0 Å². The Kier molecular flexibility index (Phi) is 3.60. The highest BCUT2D eigenvalue weighted by Gasteiger charge is 2.26. The van der Waals surface area contributed by atoms with Gasteiger partial charge in [0, 0.05) is 16.2 Å². The summed E-state index contributed by atoms with van der Waals surface area (Å²) in [6.45, 7) is 8.20. The fraction of sp³-hybridized carbons (Fsp3) is 0.375. The fourth-order valence-corrected chi connectivity index (χ4v) is 3.19. The fourth-order valence-electron chi connectivity index (χ4n) is 2.28. The van der Waals surface area contributed by atoms with E-state index in [1.54, 1.807) is 11.3 Å². The van der Waals surface area contributed by atoms with E-state index >= 15 is 0 Å². The molecular formula is C16H20OS. The van der Waals surface area contributed by atoms with E-state index < -0.39 is 5.60 Å². The maximum Gasteiger partial charge on any atom is 0.1000 e. The lowest BCUT2D eigenvalue weighted by atomic mass is 9.90. The second-order valence-corrected chi connectivity index (χ2v) is 6.52. The second kappa shape index (κ2) is 4.87. The topological polar surface area (TPSA) is 20.2 Å². The van der Waals surface area contributed by atoms with Crippen molar-refractivity contribution in [2.45, 2.75) is 39.7 Å². The first-order valence-electron chi connectivity index (χ1n) is 6.24. The van der Waals surface area contributed by atoms with Crippen molar-refractivity contribution in [3.63, 3.8) is 0 Å². The summed E-state index contributed by atoms with van der Waals surface area (Å²) in [6, 6.07) is 10.4. The highest BCUT2D eigenvalue weighted by molar-refractivity contribution is 7.12. The van der Waals surface area contributed by atoms with Crippen molar-refractivity contribution in [2.24, 2.45) is 0 Å². The molecule has 2 aromatic rings. The zero-order valence-corrected chi connectivity index (χ0v) is 12.3. The highest BCUT2D eigenvalue weighted by Crippen LogP contribution is 2.32. The Morgan fingerprint density at radius 2 is 1.67 bits per heavy atom. The monoisotopic (exact) mass is 260 g/mol. The lowest BCUT2D eigenvalue weighted by Crippen LogP contribution is -2.23. The quantitative estimate of drug-likeness (QED) is 0.880. The van der Waals surface area contributed by atoms with Crippen LogP contribution in [0.2, 0.25) is 0 Å². The van der Waals surface area contributed by atoms with Gasteiger partial charge < -0.3 is 5.11 Å². The summed E-state index contributed by atoms with van der Waals surface area (Å²) in [5.74, 6) is 0. The van der Waals surface area contributed by atoms with E-state index in [0.717, 1.165) is 4.88 Å². The van der Waals surface area contributed by atoms with E-state index in [-0.39, 0.29) is 0 Å². The molecule has 1 atom stereocenters. The van der Waals surface area contributed by atoms with Crippen molar-refractivity contribution in [2.75, 3.05) is 0 Å². The standard InChI is InChI=1S/C16H20OS/c1-11-6-5-7-12(2)14(11)10-16(4,17)15-9-8-13(3)18-15/h5-9,17H,10H2,1-4H3. The molecular weight excluding hydrogens is 240 g/mol. The number of hydrogen-bond donors (Lipinski definition) is 1. The molecule has 96 valence electrons. The van der Waals surface area contributed by atoms with Crippen LogP contribution in [-0.2, 0) is 12.0 Å². The summed E-state index contributed by atoms with van der Waals surface area (Å²) in [6.07, 6.45) is 0.672. The molecule has 0 radical (unpaired) electrons. The summed E-state index contributed by atoms with van der Waals surface area (Å²) >= 11 is 1.68. The smallest absolute Gasteiger partial charge is 0.1000 e. The summed E-state index contributed by atoms with van der Waals surface area (Å²) < 4.78 is 0. The third-order valence-electron chi connectivity index (χ3n) is 3.44. The molecule has 0 fully saturated rings. The van der Waals surface area contributed by atoms with Crippen LogP contribution in [0.5, 0.6) is 0 Å². The van der Waals surface area contributed by atoms with Gasteiger partial charge in [0.25, 0.3) is 0 Å². The summed E-state index contributed by atoms with van der Waals surface area (Å²) in [5.41, 5.74) is 2.98.